The van der Waals surface area contributed by atoms with E-state index in [0.29, 0.717) is 6.04 Å². The molecule has 1 aromatic heterocycles. The Kier molecular flexibility index (Phi) is 4.84. The third-order valence-electron chi connectivity index (χ3n) is 4.14. The van der Waals surface area contributed by atoms with Crippen LogP contribution in [-0.2, 0) is 4.74 Å². The molecular weight excluding hydrogens is 252 g/mol. The van der Waals surface area contributed by atoms with Crippen LogP contribution in [0.3, 0.4) is 0 Å². The highest BCUT2D eigenvalue weighted by atomic mass is 16.5. The van der Waals surface area contributed by atoms with Gasteiger partial charge in [-0.15, -0.1) is 0 Å². The number of aromatic nitrogens is 1. The van der Waals surface area contributed by atoms with Crippen molar-refractivity contribution < 1.29 is 4.74 Å². The first-order valence-electron chi connectivity index (χ1n) is 7.61. The summed E-state index contributed by atoms with van der Waals surface area (Å²) in [5.41, 5.74) is 0. The second-order valence-corrected chi connectivity index (χ2v) is 5.53. The topological polar surface area (TPSA) is 40.6 Å². The number of nitrogens with zero attached hydrogens (tertiary/aromatic N) is 3. The largest absolute Gasteiger partial charge is 0.379 e. The number of ether oxygens (including phenoxy) is 1. The number of anilines is 1. The number of piperazine rings is 1. The molecule has 0 aliphatic carbocycles. The van der Waals surface area contributed by atoms with Crippen LogP contribution in [0.15, 0.2) is 24.4 Å². The highest BCUT2D eigenvalue weighted by Gasteiger charge is 2.19. The minimum Gasteiger partial charge on any atom is -0.379 e. The normalized spacial score (nSPS) is 24.8. The van der Waals surface area contributed by atoms with Gasteiger partial charge in [-0.25, -0.2) is 4.98 Å². The highest BCUT2D eigenvalue weighted by Crippen LogP contribution is 2.13. The maximum absolute atomic E-state index is 5.50. The molecule has 5 nitrogen and oxygen atoms in total. The van der Waals surface area contributed by atoms with E-state index >= 15 is 0 Å². The molecule has 1 aromatic rings. The van der Waals surface area contributed by atoms with E-state index in [1.807, 2.05) is 12.3 Å². The first-order chi connectivity index (χ1) is 9.92. The minimum absolute atomic E-state index is 0.539. The van der Waals surface area contributed by atoms with Gasteiger partial charge in [0.15, 0.2) is 0 Å². The van der Waals surface area contributed by atoms with E-state index in [0.717, 1.165) is 58.3 Å². The molecule has 2 aliphatic heterocycles. The van der Waals surface area contributed by atoms with Gasteiger partial charge in [0.1, 0.15) is 5.82 Å². The maximum Gasteiger partial charge on any atom is 0.128 e. The van der Waals surface area contributed by atoms with E-state index in [1.165, 1.54) is 6.42 Å². The molecule has 2 saturated heterocycles. The van der Waals surface area contributed by atoms with Gasteiger partial charge in [0, 0.05) is 45.0 Å². The molecule has 3 heterocycles. The van der Waals surface area contributed by atoms with Crippen LogP contribution in [-0.4, -0.2) is 68.4 Å². The molecule has 1 unspecified atom stereocenters. The summed E-state index contributed by atoms with van der Waals surface area (Å²) in [5, 5.41) is 3.52. The van der Waals surface area contributed by atoms with Gasteiger partial charge in [-0.05, 0) is 25.1 Å². The van der Waals surface area contributed by atoms with Crippen molar-refractivity contribution >= 4 is 5.82 Å². The molecule has 110 valence electrons. The standard InChI is InChI=1S/C15H24N4O/c1-2-5-17-15(3-1)19-10-8-18(9-11-19)7-4-14-13-20-12-6-16-14/h1-3,5,14,16H,4,6-13H2. The van der Waals surface area contributed by atoms with Crippen LogP contribution >= 0.6 is 0 Å². The van der Waals surface area contributed by atoms with Gasteiger partial charge in [-0.3, -0.25) is 4.90 Å². The molecule has 20 heavy (non-hydrogen) atoms. The zero-order valence-electron chi connectivity index (χ0n) is 12.0. The smallest absolute Gasteiger partial charge is 0.128 e. The van der Waals surface area contributed by atoms with E-state index in [4.69, 9.17) is 4.74 Å². The Morgan fingerprint density at radius 1 is 1.25 bits per heavy atom. The Bertz CT molecular complexity index is 386. The van der Waals surface area contributed by atoms with Crippen molar-refractivity contribution in [3.8, 4) is 0 Å². The molecule has 5 heteroatoms. The van der Waals surface area contributed by atoms with Crippen LogP contribution < -0.4 is 10.2 Å². The van der Waals surface area contributed by atoms with Gasteiger partial charge in [0.05, 0.1) is 13.2 Å². The molecule has 0 radical (unpaired) electrons. The Morgan fingerprint density at radius 2 is 2.15 bits per heavy atom. The van der Waals surface area contributed by atoms with Crippen LogP contribution in [0.4, 0.5) is 5.82 Å². The highest BCUT2D eigenvalue weighted by molar-refractivity contribution is 5.38. The number of rotatable bonds is 4. The predicted octanol–water partition coefficient (Wildman–Crippen LogP) is 0.582. The molecular formula is C15H24N4O. The van der Waals surface area contributed by atoms with Gasteiger partial charge in [-0.2, -0.15) is 0 Å². The molecule has 0 bridgehead atoms. The number of pyridine rings is 1. The SMILES string of the molecule is c1ccc(N2CCN(CCC3COCCN3)CC2)nc1. The number of hydrogen-bond acceptors (Lipinski definition) is 5. The summed E-state index contributed by atoms with van der Waals surface area (Å²) in [6, 6.07) is 6.67. The monoisotopic (exact) mass is 276 g/mol. The summed E-state index contributed by atoms with van der Waals surface area (Å²) in [7, 11) is 0. The van der Waals surface area contributed by atoms with Crippen LogP contribution in [0.1, 0.15) is 6.42 Å². The van der Waals surface area contributed by atoms with Gasteiger partial charge in [0.2, 0.25) is 0 Å². The summed E-state index contributed by atoms with van der Waals surface area (Å²) >= 11 is 0. The molecule has 2 fully saturated rings. The lowest BCUT2D eigenvalue weighted by Gasteiger charge is -2.36. The van der Waals surface area contributed by atoms with Gasteiger partial charge >= 0.3 is 0 Å². The van der Waals surface area contributed by atoms with Gasteiger partial charge in [0.25, 0.3) is 0 Å². The summed E-state index contributed by atoms with van der Waals surface area (Å²) < 4.78 is 5.50. The first kappa shape index (κ1) is 13.8. The zero-order valence-corrected chi connectivity index (χ0v) is 12.0. The summed E-state index contributed by atoms with van der Waals surface area (Å²) in [5.74, 6) is 1.11. The molecule has 2 aliphatic rings. The van der Waals surface area contributed by atoms with E-state index in [1.54, 1.807) is 0 Å². The lowest BCUT2D eigenvalue weighted by molar-refractivity contribution is 0.0696. The van der Waals surface area contributed by atoms with Gasteiger partial charge in [-0.1, -0.05) is 6.07 Å². The molecule has 3 rings (SSSR count). The fourth-order valence-electron chi connectivity index (χ4n) is 2.88. The molecule has 0 spiro atoms. The Labute approximate surface area is 120 Å². The lowest BCUT2D eigenvalue weighted by Crippen LogP contribution is -2.49. The second kappa shape index (κ2) is 7.02. The van der Waals surface area contributed by atoms with Crippen molar-refractivity contribution in [1.82, 2.24) is 15.2 Å². The van der Waals surface area contributed by atoms with E-state index in [9.17, 15) is 0 Å². The number of hydrogen-bond donors (Lipinski definition) is 1. The van der Waals surface area contributed by atoms with Crippen molar-refractivity contribution in [2.24, 2.45) is 0 Å². The Morgan fingerprint density at radius 3 is 2.85 bits per heavy atom. The summed E-state index contributed by atoms with van der Waals surface area (Å²) in [6.07, 6.45) is 3.06. The van der Waals surface area contributed by atoms with E-state index in [2.05, 4.69) is 32.2 Å². The predicted molar refractivity (Wildman–Crippen MR) is 80.1 cm³/mol. The van der Waals surface area contributed by atoms with Crippen LogP contribution in [0.2, 0.25) is 0 Å². The molecule has 1 atom stereocenters. The average molecular weight is 276 g/mol. The molecule has 0 saturated carbocycles. The fraction of sp³-hybridized carbons (Fsp3) is 0.667. The maximum atomic E-state index is 5.50. The van der Waals surface area contributed by atoms with Crippen molar-refractivity contribution in [2.45, 2.75) is 12.5 Å². The van der Waals surface area contributed by atoms with Crippen LogP contribution in [0, 0.1) is 0 Å². The first-order valence-corrected chi connectivity index (χ1v) is 7.61. The number of nitrogens with one attached hydrogen (secondary N) is 1. The van der Waals surface area contributed by atoms with E-state index in [-0.39, 0.29) is 0 Å². The van der Waals surface area contributed by atoms with Crippen molar-refractivity contribution in [3.05, 3.63) is 24.4 Å². The quantitative estimate of drug-likeness (QED) is 0.871. The number of morpholine rings is 1. The third-order valence-corrected chi connectivity index (χ3v) is 4.14. The summed E-state index contributed by atoms with van der Waals surface area (Å²) in [4.78, 5) is 9.35. The van der Waals surface area contributed by atoms with Crippen LogP contribution in [0.25, 0.3) is 0 Å². The van der Waals surface area contributed by atoms with Crippen molar-refractivity contribution in [3.63, 3.8) is 0 Å². The van der Waals surface area contributed by atoms with Crippen LogP contribution in [0.5, 0.6) is 0 Å². The molecule has 1 N–H and O–H groups in total. The van der Waals surface area contributed by atoms with Crippen molar-refractivity contribution in [1.29, 1.82) is 0 Å². The Hall–Kier alpha value is -1.17. The zero-order chi connectivity index (χ0) is 13.6. The molecule has 0 amide bonds. The molecule has 0 aromatic carbocycles. The Balaban J connectivity index is 1.40. The minimum atomic E-state index is 0.539. The van der Waals surface area contributed by atoms with Crippen molar-refractivity contribution in [2.75, 3.05) is 57.4 Å². The average Bonchev–Trinajstić information content (AvgIpc) is 2.55. The van der Waals surface area contributed by atoms with E-state index < -0.39 is 0 Å². The lowest BCUT2D eigenvalue weighted by atomic mass is 10.2. The summed E-state index contributed by atoms with van der Waals surface area (Å²) in [6.45, 7) is 8.30. The third kappa shape index (κ3) is 3.69. The second-order valence-electron chi connectivity index (χ2n) is 5.53. The fourth-order valence-corrected chi connectivity index (χ4v) is 2.88. The van der Waals surface area contributed by atoms with Gasteiger partial charge < -0.3 is 15.0 Å².